The predicted molar refractivity (Wildman–Crippen MR) is 78.8 cm³/mol. The van der Waals surface area contributed by atoms with Crippen molar-refractivity contribution < 1.29 is 0 Å². The molecule has 1 aliphatic heterocycles. The van der Waals surface area contributed by atoms with E-state index in [1.165, 1.54) is 32.1 Å². The van der Waals surface area contributed by atoms with Crippen LogP contribution in [0.2, 0.25) is 0 Å². The predicted octanol–water partition coefficient (Wildman–Crippen LogP) is 3.16. The molecule has 2 aliphatic rings. The monoisotopic (exact) mass is 260 g/mol. The fourth-order valence-electron chi connectivity index (χ4n) is 3.12. The number of hydrogen-bond donors (Lipinski definition) is 1. The molecule has 1 saturated heterocycles. The van der Waals surface area contributed by atoms with Crippen LogP contribution in [0.5, 0.6) is 0 Å². The number of nitrogens with zero attached hydrogens (tertiary/aromatic N) is 3. The van der Waals surface area contributed by atoms with Gasteiger partial charge in [-0.3, -0.25) is 0 Å². The van der Waals surface area contributed by atoms with Crippen molar-refractivity contribution in [3.8, 4) is 0 Å². The smallest absolute Gasteiger partial charge is 0.136 e. The Hall–Kier alpha value is -1.32. The minimum absolute atomic E-state index is 0.594. The second kappa shape index (κ2) is 4.99. The van der Waals surface area contributed by atoms with Crippen LogP contribution < -0.4 is 10.2 Å². The molecule has 19 heavy (non-hydrogen) atoms. The third-order valence-corrected chi connectivity index (χ3v) is 4.45. The van der Waals surface area contributed by atoms with Crippen LogP contribution in [0, 0.1) is 0 Å². The number of nitrogens with one attached hydrogen (secondary N) is 1. The van der Waals surface area contributed by atoms with Gasteiger partial charge in [0.1, 0.15) is 17.5 Å². The zero-order valence-corrected chi connectivity index (χ0v) is 12.2. The van der Waals surface area contributed by atoms with Crippen LogP contribution in [0.4, 0.5) is 11.6 Å². The standard InChI is InChI=1S/C15H24N4/c1-4-12-8-5-10(2)19(12)14-9-13(16-3)17-15(18-14)11-6-7-11/h9-12H,4-8H2,1-3H3,(H,16,17,18). The second-order valence-electron chi connectivity index (χ2n) is 5.89. The Kier molecular flexibility index (Phi) is 3.33. The third kappa shape index (κ3) is 2.40. The van der Waals surface area contributed by atoms with E-state index in [1.54, 1.807) is 0 Å². The molecule has 0 spiro atoms. The highest BCUT2D eigenvalue weighted by molar-refractivity contribution is 5.51. The van der Waals surface area contributed by atoms with Crippen molar-refractivity contribution in [3.05, 3.63) is 11.9 Å². The summed E-state index contributed by atoms with van der Waals surface area (Å²) in [6, 6.07) is 3.34. The lowest BCUT2D eigenvalue weighted by Gasteiger charge is -2.29. The van der Waals surface area contributed by atoms with Crippen LogP contribution in [0.25, 0.3) is 0 Å². The summed E-state index contributed by atoms with van der Waals surface area (Å²) in [5.41, 5.74) is 0. The van der Waals surface area contributed by atoms with Crippen LogP contribution in [0.3, 0.4) is 0 Å². The zero-order chi connectivity index (χ0) is 13.4. The molecule has 4 nitrogen and oxygen atoms in total. The van der Waals surface area contributed by atoms with E-state index in [-0.39, 0.29) is 0 Å². The minimum atomic E-state index is 0.594. The van der Waals surface area contributed by atoms with Gasteiger partial charge in [-0.2, -0.15) is 0 Å². The van der Waals surface area contributed by atoms with E-state index in [0.29, 0.717) is 18.0 Å². The van der Waals surface area contributed by atoms with Crippen molar-refractivity contribution in [1.29, 1.82) is 0 Å². The first-order chi connectivity index (χ1) is 9.22. The molecule has 1 saturated carbocycles. The molecule has 1 aromatic rings. The molecule has 2 heterocycles. The maximum Gasteiger partial charge on any atom is 0.136 e. The Morgan fingerprint density at radius 1 is 1.26 bits per heavy atom. The second-order valence-corrected chi connectivity index (χ2v) is 5.89. The molecule has 104 valence electrons. The number of hydrogen-bond acceptors (Lipinski definition) is 4. The van der Waals surface area contributed by atoms with Crippen LogP contribution in [-0.4, -0.2) is 29.1 Å². The molecule has 2 unspecified atom stereocenters. The molecule has 0 radical (unpaired) electrons. The molecular formula is C15H24N4. The van der Waals surface area contributed by atoms with Crippen molar-refractivity contribution in [1.82, 2.24) is 9.97 Å². The van der Waals surface area contributed by atoms with Gasteiger partial charge in [0, 0.05) is 31.1 Å². The molecule has 2 atom stereocenters. The lowest BCUT2D eigenvalue weighted by molar-refractivity contribution is 0.618. The molecule has 1 aliphatic carbocycles. The highest BCUT2D eigenvalue weighted by Crippen LogP contribution is 2.40. The molecule has 0 amide bonds. The summed E-state index contributed by atoms with van der Waals surface area (Å²) in [6.07, 6.45) is 6.26. The molecule has 1 aromatic heterocycles. The van der Waals surface area contributed by atoms with E-state index < -0.39 is 0 Å². The Morgan fingerprint density at radius 2 is 2.05 bits per heavy atom. The Labute approximate surface area is 115 Å². The Balaban J connectivity index is 1.95. The maximum atomic E-state index is 4.85. The summed E-state index contributed by atoms with van der Waals surface area (Å²) in [6.45, 7) is 4.59. The fraction of sp³-hybridized carbons (Fsp3) is 0.733. The van der Waals surface area contributed by atoms with Gasteiger partial charge in [0.25, 0.3) is 0 Å². The quantitative estimate of drug-likeness (QED) is 0.903. The molecule has 3 rings (SSSR count). The molecule has 4 heteroatoms. The first-order valence-corrected chi connectivity index (χ1v) is 7.58. The highest BCUT2D eigenvalue weighted by Gasteiger charge is 2.33. The summed E-state index contributed by atoms with van der Waals surface area (Å²) in [5, 5.41) is 3.18. The first-order valence-electron chi connectivity index (χ1n) is 7.58. The topological polar surface area (TPSA) is 41.0 Å². The first kappa shape index (κ1) is 12.7. The molecule has 2 fully saturated rings. The lowest BCUT2D eigenvalue weighted by atomic mass is 10.1. The van der Waals surface area contributed by atoms with E-state index in [0.717, 1.165) is 17.5 Å². The lowest BCUT2D eigenvalue weighted by Crippen LogP contribution is -2.35. The van der Waals surface area contributed by atoms with Gasteiger partial charge in [0.2, 0.25) is 0 Å². The number of aromatic nitrogens is 2. The van der Waals surface area contributed by atoms with Gasteiger partial charge in [-0.15, -0.1) is 0 Å². The van der Waals surface area contributed by atoms with Crippen molar-refractivity contribution in [3.63, 3.8) is 0 Å². The van der Waals surface area contributed by atoms with Crippen molar-refractivity contribution >= 4 is 11.6 Å². The molecule has 0 bridgehead atoms. The van der Waals surface area contributed by atoms with Gasteiger partial charge in [-0.25, -0.2) is 9.97 Å². The number of rotatable bonds is 4. The van der Waals surface area contributed by atoms with Gasteiger partial charge in [0.05, 0.1) is 0 Å². The molecule has 0 aromatic carbocycles. The average molecular weight is 260 g/mol. The summed E-state index contributed by atoms with van der Waals surface area (Å²) in [5.74, 6) is 3.72. The van der Waals surface area contributed by atoms with E-state index in [9.17, 15) is 0 Å². The summed E-state index contributed by atoms with van der Waals surface area (Å²) >= 11 is 0. The van der Waals surface area contributed by atoms with Gasteiger partial charge < -0.3 is 10.2 Å². The SMILES string of the molecule is CCC1CCC(C)N1c1cc(NC)nc(C2CC2)n1. The normalized spacial score (nSPS) is 26.8. The fourth-order valence-corrected chi connectivity index (χ4v) is 3.12. The van der Waals surface area contributed by atoms with Crippen molar-refractivity contribution in [2.75, 3.05) is 17.3 Å². The molecule has 1 N–H and O–H groups in total. The van der Waals surface area contributed by atoms with Crippen LogP contribution in [0.1, 0.15) is 57.7 Å². The van der Waals surface area contributed by atoms with Gasteiger partial charge >= 0.3 is 0 Å². The van der Waals surface area contributed by atoms with Crippen molar-refractivity contribution in [2.24, 2.45) is 0 Å². The van der Waals surface area contributed by atoms with E-state index in [2.05, 4.69) is 35.1 Å². The maximum absolute atomic E-state index is 4.85. The van der Waals surface area contributed by atoms with Crippen LogP contribution >= 0.6 is 0 Å². The van der Waals surface area contributed by atoms with E-state index >= 15 is 0 Å². The Bertz CT molecular complexity index is 455. The largest absolute Gasteiger partial charge is 0.373 e. The summed E-state index contributed by atoms with van der Waals surface area (Å²) in [4.78, 5) is 12.0. The van der Waals surface area contributed by atoms with E-state index in [4.69, 9.17) is 4.98 Å². The van der Waals surface area contributed by atoms with Crippen LogP contribution in [0.15, 0.2) is 6.07 Å². The van der Waals surface area contributed by atoms with Crippen LogP contribution in [-0.2, 0) is 0 Å². The summed E-state index contributed by atoms with van der Waals surface area (Å²) in [7, 11) is 1.94. The van der Waals surface area contributed by atoms with Gasteiger partial charge in [-0.1, -0.05) is 6.92 Å². The minimum Gasteiger partial charge on any atom is -0.373 e. The summed E-state index contributed by atoms with van der Waals surface area (Å²) < 4.78 is 0. The highest BCUT2D eigenvalue weighted by atomic mass is 15.3. The molecular weight excluding hydrogens is 236 g/mol. The number of anilines is 2. The third-order valence-electron chi connectivity index (χ3n) is 4.45. The Morgan fingerprint density at radius 3 is 2.68 bits per heavy atom. The van der Waals surface area contributed by atoms with Gasteiger partial charge in [0.15, 0.2) is 0 Å². The average Bonchev–Trinajstić information content (AvgIpc) is 3.21. The van der Waals surface area contributed by atoms with E-state index in [1.807, 2.05) is 7.05 Å². The zero-order valence-electron chi connectivity index (χ0n) is 12.2. The van der Waals surface area contributed by atoms with Gasteiger partial charge in [-0.05, 0) is 39.0 Å². The van der Waals surface area contributed by atoms with Crippen molar-refractivity contribution in [2.45, 2.75) is 64.0 Å².